The third-order valence-corrected chi connectivity index (χ3v) is 4.66. The second-order valence-electron chi connectivity index (χ2n) is 6.38. The molecule has 3 rings (SSSR count). The fourth-order valence-corrected chi connectivity index (χ4v) is 3.43. The van der Waals surface area contributed by atoms with Gasteiger partial charge >= 0.3 is 6.18 Å². The predicted molar refractivity (Wildman–Crippen MR) is 107 cm³/mol. The second-order valence-corrected chi connectivity index (χ2v) is 6.79. The van der Waals surface area contributed by atoms with Gasteiger partial charge in [0.1, 0.15) is 0 Å². The number of benzene rings is 2. The quantitative estimate of drug-likeness (QED) is 0.380. The molecule has 30 heavy (non-hydrogen) atoms. The molecule has 0 saturated heterocycles. The standard InChI is InChI=1S/C19H15F3N4O3S/c1-10-15(17(27)24-13-8-4-3-7-12(13)19(20,21)22)16(25-18(30)23-10)11-6-2-5-9-14(11)26(28)29/h2-9,16H,1H3,(H,24,27)(H2,23,25,30). The summed E-state index contributed by atoms with van der Waals surface area (Å²) in [7, 11) is 0. The molecule has 2 aromatic rings. The van der Waals surface area contributed by atoms with E-state index < -0.39 is 34.3 Å². The molecular weight excluding hydrogens is 421 g/mol. The lowest BCUT2D eigenvalue weighted by Crippen LogP contribution is -2.46. The van der Waals surface area contributed by atoms with E-state index in [-0.39, 0.29) is 27.6 Å². The van der Waals surface area contributed by atoms with Crippen molar-refractivity contribution in [1.29, 1.82) is 0 Å². The van der Waals surface area contributed by atoms with Crippen molar-refractivity contribution < 1.29 is 22.9 Å². The van der Waals surface area contributed by atoms with Gasteiger partial charge in [-0.25, -0.2) is 0 Å². The zero-order chi connectivity index (χ0) is 22.1. The van der Waals surface area contributed by atoms with Crippen molar-refractivity contribution in [2.24, 2.45) is 0 Å². The summed E-state index contributed by atoms with van der Waals surface area (Å²) in [6.07, 6.45) is -4.67. The number of carbonyl (C=O) groups is 1. The predicted octanol–water partition coefficient (Wildman–Crippen LogP) is 4.05. The van der Waals surface area contributed by atoms with Crippen molar-refractivity contribution in [3.63, 3.8) is 0 Å². The van der Waals surface area contributed by atoms with Crippen LogP contribution in [0.4, 0.5) is 24.5 Å². The third-order valence-electron chi connectivity index (χ3n) is 4.44. The van der Waals surface area contributed by atoms with Crippen LogP contribution in [0.5, 0.6) is 0 Å². The van der Waals surface area contributed by atoms with Gasteiger partial charge in [0.25, 0.3) is 11.6 Å². The first-order valence-corrected chi connectivity index (χ1v) is 8.99. The molecular formula is C19H15F3N4O3S. The molecule has 3 N–H and O–H groups in total. The van der Waals surface area contributed by atoms with Crippen LogP contribution < -0.4 is 16.0 Å². The molecule has 156 valence electrons. The minimum atomic E-state index is -4.67. The molecule has 1 aliphatic rings. The molecule has 0 fully saturated rings. The van der Waals surface area contributed by atoms with Gasteiger partial charge in [-0.05, 0) is 37.3 Å². The first-order chi connectivity index (χ1) is 14.1. The number of alkyl halides is 3. The van der Waals surface area contributed by atoms with Crippen LogP contribution in [0.2, 0.25) is 0 Å². The number of rotatable bonds is 4. The van der Waals surface area contributed by atoms with Crippen molar-refractivity contribution in [2.45, 2.75) is 19.1 Å². The van der Waals surface area contributed by atoms with Gasteiger partial charge < -0.3 is 16.0 Å². The lowest BCUT2D eigenvalue weighted by Gasteiger charge is -2.30. The Kier molecular flexibility index (Phi) is 5.74. The van der Waals surface area contributed by atoms with E-state index in [1.165, 1.54) is 37.3 Å². The first kappa shape index (κ1) is 21.2. The summed E-state index contributed by atoms with van der Waals surface area (Å²) >= 11 is 5.10. The Morgan fingerprint density at radius 3 is 2.47 bits per heavy atom. The van der Waals surface area contributed by atoms with Crippen LogP contribution >= 0.6 is 12.2 Å². The van der Waals surface area contributed by atoms with E-state index in [4.69, 9.17) is 12.2 Å². The Morgan fingerprint density at radius 2 is 1.80 bits per heavy atom. The van der Waals surface area contributed by atoms with Crippen LogP contribution in [0.25, 0.3) is 0 Å². The minimum Gasteiger partial charge on any atom is -0.351 e. The summed E-state index contributed by atoms with van der Waals surface area (Å²) in [6.45, 7) is 1.51. The van der Waals surface area contributed by atoms with Gasteiger partial charge in [0, 0.05) is 11.8 Å². The Labute approximate surface area is 174 Å². The van der Waals surface area contributed by atoms with Crippen LogP contribution in [-0.2, 0) is 11.0 Å². The monoisotopic (exact) mass is 436 g/mol. The molecule has 7 nitrogen and oxygen atoms in total. The van der Waals surface area contributed by atoms with Gasteiger partial charge in [-0.3, -0.25) is 14.9 Å². The molecule has 0 bridgehead atoms. The zero-order valence-electron chi connectivity index (χ0n) is 15.4. The van der Waals surface area contributed by atoms with Crippen molar-refractivity contribution in [3.05, 3.63) is 81.0 Å². The Balaban J connectivity index is 2.05. The zero-order valence-corrected chi connectivity index (χ0v) is 16.2. The number of para-hydroxylation sites is 2. The summed E-state index contributed by atoms with van der Waals surface area (Å²) in [5, 5.41) is 19.4. The molecule has 1 atom stereocenters. The highest BCUT2D eigenvalue weighted by Crippen LogP contribution is 2.36. The summed E-state index contributed by atoms with van der Waals surface area (Å²) in [4.78, 5) is 23.8. The maximum absolute atomic E-state index is 13.3. The van der Waals surface area contributed by atoms with Crippen LogP contribution in [0, 0.1) is 10.1 Å². The molecule has 1 aliphatic heterocycles. The summed E-state index contributed by atoms with van der Waals surface area (Å²) < 4.78 is 39.8. The number of nitrogens with one attached hydrogen (secondary N) is 3. The second kappa shape index (κ2) is 8.11. The maximum atomic E-state index is 13.3. The van der Waals surface area contributed by atoms with Crippen LogP contribution in [0.3, 0.4) is 0 Å². The minimum absolute atomic E-state index is 0.0186. The van der Waals surface area contributed by atoms with Crippen LogP contribution in [0.15, 0.2) is 59.8 Å². The number of allylic oxidation sites excluding steroid dienone is 1. The molecule has 0 spiro atoms. The Bertz CT molecular complexity index is 1070. The lowest BCUT2D eigenvalue weighted by atomic mass is 9.93. The van der Waals surface area contributed by atoms with Gasteiger partial charge in [-0.15, -0.1) is 0 Å². The smallest absolute Gasteiger partial charge is 0.351 e. The molecule has 2 aromatic carbocycles. The van der Waals surface area contributed by atoms with Crippen LogP contribution in [-0.4, -0.2) is 15.9 Å². The fourth-order valence-electron chi connectivity index (χ4n) is 3.15. The Morgan fingerprint density at radius 1 is 1.17 bits per heavy atom. The number of nitro groups is 1. The number of nitro benzene ring substituents is 1. The summed E-state index contributed by atoms with van der Waals surface area (Å²) in [6, 6.07) is 9.27. The van der Waals surface area contributed by atoms with Gasteiger partial charge in [-0.2, -0.15) is 13.2 Å². The molecule has 0 saturated carbocycles. The van der Waals surface area contributed by atoms with Crippen molar-refractivity contribution in [3.8, 4) is 0 Å². The number of thiocarbonyl (C=S) groups is 1. The largest absolute Gasteiger partial charge is 0.418 e. The van der Waals surface area contributed by atoms with Crippen LogP contribution in [0.1, 0.15) is 24.1 Å². The lowest BCUT2D eigenvalue weighted by molar-refractivity contribution is -0.385. The molecule has 11 heteroatoms. The van der Waals surface area contributed by atoms with E-state index in [1.54, 1.807) is 6.07 Å². The summed E-state index contributed by atoms with van der Waals surface area (Å²) in [5.41, 5.74) is -1.29. The van der Waals surface area contributed by atoms with Crippen molar-refractivity contribution in [1.82, 2.24) is 10.6 Å². The Hall–Kier alpha value is -3.47. The topological polar surface area (TPSA) is 96.3 Å². The van der Waals surface area contributed by atoms with Gasteiger partial charge in [-0.1, -0.05) is 24.3 Å². The molecule has 1 amide bonds. The number of halogens is 3. The number of hydrogen-bond acceptors (Lipinski definition) is 4. The van der Waals surface area contributed by atoms with Crippen molar-refractivity contribution >= 4 is 34.6 Å². The van der Waals surface area contributed by atoms with Gasteiger partial charge in [0.05, 0.1) is 33.4 Å². The average Bonchev–Trinajstić information content (AvgIpc) is 2.66. The number of carbonyl (C=O) groups excluding carboxylic acids is 1. The maximum Gasteiger partial charge on any atom is 0.418 e. The number of amides is 1. The van der Waals surface area contributed by atoms with E-state index >= 15 is 0 Å². The first-order valence-electron chi connectivity index (χ1n) is 8.58. The molecule has 0 aliphatic carbocycles. The molecule has 1 unspecified atom stereocenters. The van der Waals surface area contributed by atoms with E-state index in [1.807, 2.05) is 0 Å². The highest BCUT2D eigenvalue weighted by atomic mass is 32.1. The highest BCUT2D eigenvalue weighted by molar-refractivity contribution is 7.80. The van der Waals surface area contributed by atoms with Gasteiger partial charge in [0.15, 0.2) is 5.11 Å². The molecule has 0 aromatic heterocycles. The SMILES string of the molecule is CC1=C(C(=O)Nc2ccccc2C(F)(F)F)C(c2ccccc2[N+](=O)[O-])NC(=S)N1. The van der Waals surface area contributed by atoms with E-state index in [9.17, 15) is 28.1 Å². The van der Waals surface area contributed by atoms with E-state index in [0.717, 1.165) is 12.1 Å². The average molecular weight is 436 g/mol. The molecule has 0 radical (unpaired) electrons. The third kappa shape index (κ3) is 4.25. The molecule has 1 heterocycles. The van der Waals surface area contributed by atoms with E-state index in [0.29, 0.717) is 0 Å². The number of anilines is 1. The number of nitrogens with zero attached hydrogens (tertiary/aromatic N) is 1. The number of hydrogen-bond donors (Lipinski definition) is 3. The fraction of sp³-hybridized carbons (Fsp3) is 0.158. The summed E-state index contributed by atoms with van der Waals surface area (Å²) in [5.74, 6) is -0.852. The van der Waals surface area contributed by atoms with Gasteiger partial charge in [0.2, 0.25) is 0 Å². The van der Waals surface area contributed by atoms with Crippen molar-refractivity contribution in [2.75, 3.05) is 5.32 Å². The highest BCUT2D eigenvalue weighted by Gasteiger charge is 2.36. The normalized spacial score (nSPS) is 16.5. The van der Waals surface area contributed by atoms with E-state index in [2.05, 4.69) is 16.0 Å².